The Labute approximate surface area is 115 Å². The zero-order valence-corrected chi connectivity index (χ0v) is 12.9. The Balaban J connectivity index is 2.29. The number of aryl methyl sites for hydroxylation is 1. The first-order valence-electron chi connectivity index (χ1n) is 6.92. The Bertz CT molecular complexity index is 494. The standard InChI is InChI=1S/C15H25N3O/c1-14(2,3)13(19)17-11-7-15(4,5)8-12-10(11)9-16-18(12)6/h9,11H,7-8H2,1-6H3,(H,17,19)/t11-/m1/s1. The average molecular weight is 263 g/mol. The fourth-order valence-corrected chi connectivity index (χ4v) is 2.68. The predicted molar refractivity (Wildman–Crippen MR) is 75.6 cm³/mol. The summed E-state index contributed by atoms with van der Waals surface area (Å²) in [5, 5.41) is 7.54. The molecule has 0 unspecified atom stereocenters. The van der Waals surface area contributed by atoms with Crippen LogP contribution in [-0.4, -0.2) is 15.7 Å². The van der Waals surface area contributed by atoms with E-state index in [9.17, 15) is 4.79 Å². The van der Waals surface area contributed by atoms with Crippen LogP contribution in [0.5, 0.6) is 0 Å². The minimum absolute atomic E-state index is 0.0826. The second-order valence-electron chi connectivity index (χ2n) is 7.49. The van der Waals surface area contributed by atoms with Crippen molar-refractivity contribution in [3.05, 3.63) is 17.5 Å². The SMILES string of the molecule is Cn1ncc2c1CC(C)(C)C[C@H]2NC(=O)C(C)(C)C. The van der Waals surface area contributed by atoms with Gasteiger partial charge in [-0.2, -0.15) is 5.10 Å². The molecule has 1 heterocycles. The van der Waals surface area contributed by atoms with Gasteiger partial charge in [-0.05, 0) is 18.3 Å². The summed E-state index contributed by atoms with van der Waals surface area (Å²) in [6.45, 7) is 10.3. The van der Waals surface area contributed by atoms with Crippen LogP contribution in [-0.2, 0) is 18.3 Å². The van der Waals surface area contributed by atoms with E-state index in [1.807, 2.05) is 38.7 Å². The van der Waals surface area contributed by atoms with Crippen molar-refractivity contribution in [3.63, 3.8) is 0 Å². The molecule has 1 aromatic rings. The van der Waals surface area contributed by atoms with Crippen molar-refractivity contribution >= 4 is 5.91 Å². The van der Waals surface area contributed by atoms with E-state index in [1.165, 1.54) is 11.3 Å². The fraction of sp³-hybridized carbons (Fsp3) is 0.733. The van der Waals surface area contributed by atoms with Crippen molar-refractivity contribution in [2.24, 2.45) is 17.9 Å². The van der Waals surface area contributed by atoms with Crippen LogP contribution in [0, 0.1) is 10.8 Å². The van der Waals surface area contributed by atoms with Crippen molar-refractivity contribution in [1.82, 2.24) is 15.1 Å². The Morgan fingerprint density at radius 1 is 1.47 bits per heavy atom. The lowest BCUT2D eigenvalue weighted by Crippen LogP contribution is -2.41. The topological polar surface area (TPSA) is 46.9 Å². The highest BCUT2D eigenvalue weighted by Crippen LogP contribution is 2.40. The van der Waals surface area contributed by atoms with Crippen LogP contribution in [0.2, 0.25) is 0 Å². The molecule has 0 bridgehead atoms. The van der Waals surface area contributed by atoms with E-state index in [1.54, 1.807) is 0 Å². The maximum atomic E-state index is 12.2. The molecular formula is C15H25N3O. The van der Waals surface area contributed by atoms with E-state index in [0.717, 1.165) is 12.8 Å². The minimum atomic E-state index is -0.357. The summed E-state index contributed by atoms with van der Waals surface area (Å²) >= 11 is 0. The van der Waals surface area contributed by atoms with Gasteiger partial charge in [0.1, 0.15) is 0 Å². The molecule has 1 aliphatic rings. The summed E-state index contributed by atoms with van der Waals surface area (Å²) in [5.41, 5.74) is 2.26. The van der Waals surface area contributed by atoms with E-state index in [-0.39, 0.29) is 22.8 Å². The molecule has 4 nitrogen and oxygen atoms in total. The van der Waals surface area contributed by atoms with E-state index < -0.39 is 0 Å². The van der Waals surface area contributed by atoms with Crippen molar-refractivity contribution in [3.8, 4) is 0 Å². The molecule has 0 fully saturated rings. The summed E-state index contributed by atoms with van der Waals surface area (Å²) in [5.74, 6) is 0.102. The van der Waals surface area contributed by atoms with Gasteiger partial charge in [0.25, 0.3) is 0 Å². The average Bonchev–Trinajstić information content (AvgIpc) is 2.57. The molecule has 4 heteroatoms. The number of nitrogens with zero attached hydrogens (tertiary/aromatic N) is 2. The molecule has 0 saturated carbocycles. The van der Waals surface area contributed by atoms with Crippen LogP contribution in [0.4, 0.5) is 0 Å². The summed E-state index contributed by atoms with van der Waals surface area (Å²) in [4.78, 5) is 12.2. The van der Waals surface area contributed by atoms with Gasteiger partial charge in [-0.25, -0.2) is 0 Å². The van der Waals surface area contributed by atoms with Gasteiger partial charge in [0.15, 0.2) is 0 Å². The molecule has 0 radical (unpaired) electrons. The van der Waals surface area contributed by atoms with Gasteiger partial charge in [0.2, 0.25) is 5.91 Å². The van der Waals surface area contributed by atoms with E-state index in [2.05, 4.69) is 24.3 Å². The predicted octanol–water partition coefficient (Wildman–Crippen LogP) is 2.60. The molecule has 2 rings (SSSR count). The number of hydrogen-bond acceptors (Lipinski definition) is 2. The van der Waals surface area contributed by atoms with E-state index in [4.69, 9.17) is 0 Å². The molecule has 1 aromatic heterocycles. The zero-order valence-electron chi connectivity index (χ0n) is 12.9. The normalized spacial score (nSPS) is 21.9. The molecule has 0 aliphatic heterocycles. The van der Waals surface area contributed by atoms with Gasteiger partial charge in [0, 0.05) is 23.7 Å². The lowest BCUT2D eigenvalue weighted by atomic mass is 9.74. The number of carbonyl (C=O) groups excluding carboxylic acids is 1. The van der Waals surface area contributed by atoms with Crippen molar-refractivity contribution < 1.29 is 4.79 Å². The molecule has 1 amide bonds. The minimum Gasteiger partial charge on any atom is -0.349 e. The summed E-state index contributed by atoms with van der Waals surface area (Å²) in [6.07, 6.45) is 3.88. The number of carbonyl (C=O) groups is 1. The number of nitrogens with one attached hydrogen (secondary N) is 1. The molecule has 1 aliphatic carbocycles. The monoisotopic (exact) mass is 263 g/mol. The van der Waals surface area contributed by atoms with Gasteiger partial charge >= 0.3 is 0 Å². The summed E-state index contributed by atoms with van der Waals surface area (Å²) < 4.78 is 1.94. The quantitative estimate of drug-likeness (QED) is 0.846. The maximum absolute atomic E-state index is 12.2. The molecule has 19 heavy (non-hydrogen) atoms. The number of fused-ring (bicyclic) bond motifs is 1. The first-order chi connectivity index (χ1) is 8.60. The van der Waals surface area contributed by atoms with Gasteiger partial charge < -0.3 is 5.32 Å². The van der Waals surface area contributed by atoms with Crippen LogP contribution in [0.1, 0.15) is 58.3 Å². The number of amides is 1. The Morgan fingerprint density at radius 3 is 2.68 bits per heavy atom. The van der Waals surface area contributed by atoms with E-state index >= 15 is 0 Å². The lowest BCUT2D eigenvalue weighted by Gasteiger charge is -2.36. The number of hydrogen-bond donors (Lipinski definition) is 1. The van der Waals surface area contributed by atoms with Crippen LogP contribution in [0.25, 0.3) is 0 Å². The molecule has 1 N–H and O–H groups in total. The molecule has 0 saturated heterocycles. The van der Waals surface area contributed by atoms with Gasteiger partial charge in [-0.3, -0.25) is 9.48 Å². The third-order valence-electron chi connectivity index (χ3n) is 3.86. The van der Waals surface area contributed by atoms with E-state index in [0.29, 0.717) is 0 Å². The second kappa shape index (κ2) is 4.36. The molecule has 0 aromatic carbocycles. The first-order valence-corrected chi connectivity index (χ1v) is 6.92. The zero-order chi connectivity index (χ0) is 14.4. The van der Waals surface area contributed by atoms with Crippen LogP contribution in [0.3, 0.4) is 0 Å². The second-order valence-corrected chi connectivity index (χ2v) is 7.49. The molecule has 0 spiro atoms. The Hall–Kier alpha value is -1.32. The highest BCUT2D eigenvalue weighted by atomic mass is 16.2. The summed E-state index contributed by atoms with van der Waals surface area (Å²) in [6, 6.07) is 0.0826. The summed E-state index contributed by atoms with van der Waals surface area (Å²) in [7, 11) is 1.98. The molecular weight excluding hydrogens is 238 g/mol. The highest BCUT2D eigenvalue weighted by molar-refractivity contribution is 5.81. The highest BCUT2D eigenvalue weighted by Gasteiger charge is 2.36. The third-order valence-corrected chi connectivity index (χ3v) is 3.86. The molecule has 1 atom stereocenters. The van der Waals surface area contributed by atoms with Crippen molar-refractivity contribution in [2.45, 2.75) is 53.5 Å². The third kappa shape index (κ3) is 2.82. The van der Waals surface area contributed by atoms with Gasteiger partial charge in [-0.15, -0.1) is 0 Å². The maximum Gasteiger partial charge on any atom is 0.225 e. The lowest BCUT2D eigenvalue weighted by molar-refractivity contribution is -0.129. The fourth-order valence-electron chi connectivity index (χ4n) is 2.68. The Kier molecular flexibility index (Phi) is 3.23. The van der Waals surface area contributed by atoms with Gasteiger partial charge in [-0.1, -0.05) is 34.6 Å². The largest absolute Gasteiger partial charge is 0.349 e. The van der Waals surface area contributed by atoms with Crippen molar-refractivity contribution in [1.29, 1.82) is 0 Å². The van der Waals surface area contributed by atoms with Crippen molar-refractivity contribution in [2.75, 3.05) is 0 Å². The van der Waals surface area contributed by atoms with Crippen LogP contribution in [0.15, 0.2) is 6.20 Å². The Morgan fingerprint density at radius 2 is 2.11 bits per heavy atom. The van der Waals surface area contributed by atoms with Gasteiger partial charge in [0.05, 0.1) is 12.2 Å². The van der Waals surface area contributed by atoms with Crippen LogP contribution >= 0.6 is 0 Å². The number of aromatic nitrogens is 2. The first kappa shape index (κ1) is 14.1. The smallest absolute Gasteiger partial charge is 0.225 e. The molecule has 106 valence electrons. The van der Waals surface area contributed by atoms with Crippen LogP contribution < -0.4 is 5.32 Å². The number of rotatable bonds is 1.